The fraction of sp³-hybridized carbons (Fsp3) is 0.143. The summed E-state index contributed by atoms with van der Waals surface area (Å²) in [4.78, 5) is 0. The van der Waals surface area contributed by atoms with Crippen LogP contribution in [0.2, 0.25) is 0 Å². The van der Waals surface area contributed by atoms with Crippen molar-refractivity contribution in [3.8, 4) is 5.75 Å². The van der Waals surface area contributed by atoms with Gasteiger partial charge in [-0.25, -0.2) is 0 Å². The summed E-state index contributed by atoms with van der Waals surface area (Å²) in [5, 5.41) is 12.9. The molecule has 2 N–H and O–H groups in total. The van der Waals surface area contributed by atoms with E-state index in [2.05, 4.69) is 40.3 Å². The Hall–Kier alpha value is -1.48. The van der Waals surface area contributed by atoms with Crippen LogP contribution in [0.25, 0.3) is 0 Å². The number of benzene rings is 2. The van der Waals surface area contributed by atoms with Gasteiger partial charge < -0.3 is 10.4 Å². The molecular weight excluding hydrogens is 278 g/mol. The number of anilines is 1. The Labute approximate surface area is 109 Å². The molecule has 0 heterocycles. The van der Waals surface area contributed by atoms with E-state index in [1.165, 1.54) is 5.56 Å². The first-order valence-corrected chi connectivity index (χ1v) is 6.22. The van der Waals surface area contributed by atoms with Crippen molar-refractivity contribution in [3.63, 3.8) is 0 Å². The summed E-state index contributed by atoms with van der Waals surface area (Å²) in [5.41, 5.74) is 3.13. The smallest absolute Gasteiger partial charge is 0.120 e. The van der Waals surface area contributed by atoms with E-state index in [0.29, 0.717) is 12.3 Å². The molecule has 0 atom stereocenters. The van der Waals surface area contributed by atoms with E-state index in [1.807, 2.05) is 24.3 Å². The van der Waals surface area contributed by atoms with Gasteiger partial charge >= 0.3 is 0 Å². The Kier molecular flexibility index (Phi) is 3.69. The monoisotopic (exact) mass is 291 g/mol. The molecule has 0 radical (unpaired) electrons. The van der Waals surface area contributed by atoms with Crippen LogP contribution in [-0.4, -0.2) is 5.11 Å². The Morgan fingerprint density at radius 2 is 1.94 bits per heavy atom. The maximum Gasteiger partial charge on any atom is 0.120 e. The molecule has 0 aliphatic rings. The summed E-state index contributed by atoms with van der Waals surface area (Å²) in [6.45, 7) is 2.67. The number of para-hydroxylation sites is 1. The zero-order chi connectivity index (χ0) is 12.3. The largest absolute Gasteiger partial charge is 0.508 e. The molecule has 0 spiro atoms. The fourth-order valence-electron chi connectivity index (χ4n) is 1.70. The minimum atomic E-state index is 0.326. The third-order valence-electron chi connectivity index (χ3n) is 2.52. The first-order valence-electron chi connectivity index (χ1n) is 5.43. The van der Waals surface area contributed by atoms with E-state index in [-0.39, 0.29) is 0 Å². The molecule has 0 bridgehead atoms. The zero-order valence-corrected chi connectivity index (χ0v) is 11.2. The molecular formula is C14H14BrNO. The first-order chi connectivity index (χ1) is 8.15. The standard InChI is InChI=1S/C14H14BrNO/c1-10-6-12(15)8-13(7-10)16-9-11-4-2-3-5-14(11)17/h2-8,16-17H,9H2,1H3. The molecule has 0 aromatic heterocycles. The normalized spacial score (nSPS) is 10.2. The Morgan fingerprint density at radius 3 is 2.65 bits per heavy atom. The first kappa shape index (κ1) is 12.0. The van der Waals surface area contributed by atoms with Gasteiger partial charge in [0.25, 0.3) is 0 Å². The number of phenolic OH excluding ortho intramolecular Hbond substituents is 1. The maximum absolute atomic E-state index is 9.65. The predicted octanol–water partition coefficient (Wildman–Crippen LogP) is 4.08. The molecule has 0 amide bonds. The summed E-state index contributed by atoms with van der Waals surface area (Å²) in [6.07, 6.45) is 0. The number of hydrogen-bond acceptors (Lipinski definition) is 2. The summed E-state index contributed by atoms with van der Waals surface area (Å²) < 4.78 is 1.05. The zero-order valence-electron chi connectivity index (χ0n) is 9.57. The highest BCUT2D eigenvalue weighted by atomic mass is 79.9. The Balaban J connectivity index is 2.10. The van der Waals surface area contributed by atoms with Gasteiger partial charge in [0.2, 0.25) is 0 Å². The minimum absolute atomic E-state index is 0.326. The second-order valence-electron chi connectivity index (χ2n) is 4.00. The van der Waals surface area contributed by atoms with Crippen molar-refractivity contribution in [2.45, 2.75) is 13.5 Å². The van der Waals surface area contributed by atoms with Crippen LogP contribution in [0, 0.1) is 6.92 Å². The SMILES string of the molecule is Cc1cc(Br)cc(NCc2ccccc2O)c1. The van der Waals surface area contributed by atoms with E-state index >= 15 is 0 Å². The predicted molar refractivity (Wildman–Crippen MR) is 74.3 cm³/mol. The van der Waals surface area contributed by atoms with Crippen LogP contribution < -0.4 is 5.32 Å². The number of aryl methyl sites for hydroxylation is 1. The van der Waals surface area contributed by atoms with Crippen LogP contribution in [0.15, 0.2) is 46.9 Å². The van der Waals surface area contributed by atoms with Crippen molar-refractivity contribution in [1.82, 2.24) is 0 Å². The van der Waals surface area contributed by atoms with Gasteiger partial charge in [-0.15, -0.1) is 0 Å². The molecule has 0 saturated carbocycles. The summed E-state index contributed by atoms with van der Waals surface area (Å²) in [6, 6.07) is 13.5. The minimum Gasteiger partial charge on any atom is -0.508 e. The van der Waals surface area contributed by atoms with Gasteiger partial charge in [0.1, 0.15) is 5.75 Å². The summed E-state index contributed by atoms with van der Waals surface area (Å²) in [7, 11) is 0. The molecule has 88 valence electrons. The van der Waals surface area contributed by atoms with Crippen LogP contribution in [-0.2, 0) is 6.54 Å². The highest BCUT2D eigenvalue weighted by molar-refractivity contribution is 9.10. The molecule has 0 aliphatic carbocycles. The molecule has 0 unspecified atom stereocenters. The second-order valence-corrected chi connectivity index (χ2v) is 4.92. The van der Waals surface area contributed by atoms with Crippen LogP contribution in [0.1, 0.15) is 11.1 Å². The van der Waals surface area contributed by atoms with E-state index in [4.69, 9.17) is 0 Å². The number of nitrogens with one attached hydrogen (secondary N) is 1. The van der Waals surface area contributed by atoms with Crippen LogP contribution in [0.5, 0.6) is 5.75 Å². The van der Waals surface area contributed by atoms with Crippen molar-refractivity contribution in [3.05, 3.63) is 58.1 Å². The van der Waals surface area contributed by atoms with Gasteiger partial charge in [-0.3, -0.25) is 0 Å². The van der Waals surface area contributed by atoms with Crippen molar-refractivity contribution in [2.75, 3.05) is 5.32 Å². The van der Waals surface area contributed by atoms with Crippen LogP contribution in [0.4, 0.5) is 5.69 Å². The maximum atomic E-state index is 9.65. The average molecular weight is 292 g/mol. The van der Waals surface area contributed by atoms with Crippen molar-refractivity contribution in [1.29, 1.82) is 0 Å². The fourth-order valence-corrected chi connectivity index (χ4v) is 2.30. The molecule has 2 aromatic carbocycles. The third kappa shape index (κ3) is 3.24. The molecule has 0 saturated heterocycles. The quantitative estimate of drug-likeness (QED) is 0.893. The summed E-state index contributed by atoms with van der Waals surface area (Å²) >= 11 is 3.46. The van der Waals surface area contributed by atoms with E-state index in [9.17, 15) is 5.11 Å². The van der Waals surface area contributed by atoms with Crippen LogP contribution in [0.3, 0.4) is 0 Å². The lowest BCUT2D eigenvalue weighted by Gasteiger charge is -2.09. The van der Waals surface area contributed by atoms with E-state index in [1.54, 1.807) is 6.07 Å². The highest BCUT2D eigenvalue weighted by Gasteiger charge is 2.00. The van der Waals surface area contributed by atoms with E-state index < -0.39 is 0 Å². The van der Waals surface area contributed by atoms with Gasteiger partial charge in [-0.2, -0.15) is 0 Å². The van der Waals surface area contributed by atoms with Crippen molar-refractivity contribution < 1.29 is 5.11 Å². The highest BCUT2D eigenvalue weighted by Crippen LogP contribution is 2.21. The Morgan fingerprint density at radius 1 is 1.18 bits per heavy atom. The number of rotatable bonds is 3. The molecule has 3 heteroatoms. The van der Waals surface area contributed by atoms with Crippen molar-refractivity contribution >= 4 is 21.6 Å². The number of aromatic hydroxyl groups is 1. The number of halogens is 1. The molecule has 17 heavy (non-hydrogen) atoms. The second kappa shape index (κ2) is 5.23. The van der Waals surface area contributed by atoms with Gasteiger partial charge in [0, 0.05) is 22.3 Å². The molecule has 2 aromatic rings. The lowest BCUT2D eigenvalue weighted by Crippen LogP contribution is -1.99. The van der Waals surface area contributed by atoms with Gasteiger partial charge in [-0.1, -0.05) is 34.1 Å². The lowest BCUT2D eigenvalue weighted by molar-refractivity contribution is 0.469. The Bertz CT molecular complexity index is 505. The average Bonchev–Trinajstić information content (AvgIpc) is 2.27. The van der Waals surface area contributed by atoms with E-state index in [0.717, 1.165) is 15.7 Å². The van der Waals surface area contributed by atoms with Gasteiger partial charge in [0.15, 0.2) is 0 Å². The van der Waals surface area contributed by atoms with Crippen LogP contribution >= 0.6 is 15.9 Å². The summed E-state index contributed by atoms with van der Waals surface area (Å²) in [5.74, 6) is 0.326. The molecule has 2 rings (SSSR count). The number of phenols is 1. The van der Waals surface area contributed by atoms with Gasteiger partial charge in [0.05, 0.1) is 0 Å². The molecule has 2 nitrogen and oxygen atoms in total. The number of hydrogen-bond donors (Lipinski definition) is 2. The molecule has 0 aliphatic heterocycles. The van der Waals surface area contributed by atoms with Crippen molar-refractivity contribution in [2.24, 2.45) is 0 Å². The topological polar surface area (TPSA) is 32.3 Å². The van der Waals surface area contributed by atoms with Gasteiger partial charge in [-0.05, 0) is 36.8 Å². The lowest BCUT2D eigenvalue weighted by atomic mass is 10.2. The molecule has 0 fully saturated rings. The third-order valence-corrected chi connectivity index (χ3v) is 2.97.